The Morgan fingerprint density at radius 3 is 2.56 bits per heavy atom. The van der Waals surface area contributed by atoms with E-state index in [2.05, 4.69) is 11.8 Å². The van der Waals surface area contributed by atoms with Gasteiger partial charge in [0.1, 0.15) is 0 Å². The van der Waals surface area contributed by atoms with E-state index in [1.54, 1.807) is 0 Å². The number of aliphatic hydroxyl groups excluding tert-OH is 1. The Balaban J connectivity index is 1.70. The number of hydrogen-bond acceptors (Lipinski definition) is 2. The standard InChI is InChI=1S/C16H31NO/c1-2-3-4-5-6-12-17-13-8-10-15(17)14-9-7-11-16(14)18/h14-16,18H,2-13H2,1H3. The van der Waals surface area contributed by atoms with E-state index < -0.39 is 0 Å². The third kappa shape index (κ3) is 3.71. The molecule has 1 saturated heterocycles. The molecule has 1 aliphatic heterocycles. The zero-order valence-corrected chi connectivity index (χ0v) is 12.1. The van der Waals surface area contributed by atoms with Crippen molar-refractivity contribution in [2.24, 2.45) is 5.92 Å². The van der Waals surface area contributed by atoms with Gasteiger partial charge in [0.2, 0.25) is 0 Å². The molecule has 0 aromatic carbocycles. The molecule has 2 fully saturated rings. The number of aliphatic hydroxyl groups is 1. The highest BCUT2D eigenvalue weighted by Gasteiger charge is 2.37. The van der Waals surface area contributed by atoms with Gasteiger partial charge in [-0.15, -0.1) is 0 Å². The second-order valence-corrected chi connectivity index (χ2v) is 6.32. The van der Waals surface area contributed by atoms with Crippen molar-refractivity contribution in [2.75, 3.05) is 13.1 Å². The van der Waals surface area contributed by atoms with Crippen LogP contribution in [0.2, 0.25) is 0 Å². The van der Waals surface area contributed by atoms with Crippen LogP contribution in [-0.4, -0.2) is 35.2 Å². The number of rotatable bonds is 7. The van der Waals surface area contributed by atoms with Gasteiger partial charge in [-0.25, -0.2) is 0 Å². The summed E-state index contributed by atoms with van der Waals surface area (Å²) >= 11 is 0. The molecule has 1 N–H and O–H groups in total. The summed E-state index contributed by atoms with van der Waals surface area (Å²) in [4.78, 5) is 2.69. The molecule has 2 rings (SSSR count). The van der Waals surface area contributed by atoms with Gasteiger partial charge in [0, 0.05) is 12.0 Å². The van der Waals surface area contributed by atoms with Crippen molar-refractivity contribution in [1.82, 2.24) is 4.90 Å². The molecular formula is C16H31NO. The minimum Gasteiger partial charge on any atom is -0.393 e. The van der Waals surface area contributed by atoms with E-state index >= 15 is 0 Å². The van der Waals surface area contributed by atoms with E-state index in [4.69, 9.17) is 0 Å². The van der Waals surface area contributed by atoms with Crippen molar-refractivity contribution in [1.29, 1.82) is 0 Å². The minimum atomic E-state index is -0.00399. The van der Waals surface area contributed by atoms with Crippen LogP contribution < -0.4 is 0 Å². The van der Waals surface area contributed by atoms with Crippen molar-refractivity contribution in [3.63, 3.8) is 0 Å². The van der Waals surface area contributed by atoms with Crippen LogP contribution in [0.4, 0.5) is 0 Å². The van der Waals surface area contributed by atoms with Gasteiger partial charge < -0.3 is 10.0 Å². The number of nitrogens with zero attached hydrogens (tertiary/aromatic N) is 1. The highest BCUT2D eigenvalue weighted by molar-refractivity contribution is 4.91. The summed E-state index contributed by atoms with van der Waals surface area (Å²) in [6.07, 6.45) is 13.1. The van der Waals surface area contributed by atoms with Crippen LogP contribution >= 0.6 is 0 Å². The Morgan fingerprint density at radius 1 is 1.00 bits per heavy atom. The first-order valence-corrected chi connectivity index (χ1v) is 8.25. The van der Waals surface area contributed by atoms with E-state index in [-0.39, 0.29) is 6.10 Å². The van der Waals surface area contributed by atoms with Crippen LogP contribution in [0.5, 0.6) is 0 Å². The van der Waals surface area contributed by atoms with Crippen molar-refractivity contribution < 1.29 is 5.11 Å². The smallest absolute Gasteiger partial charge is 0.0583 e. The van der Waals surface area contributed by atoms with Crippen molar-refractivity contribution in [3.05, 3.63) is 0 Å². The van der Waals surface area contributed by atoms with Gasteiger partial charge in [-0.3, -0.25) is 0 Å². The predicted octanol–water partition coefficient (Wildman–Crippen LogP) is 3.58. The number of likely N-dealkylation sites (tertiary alicyclic amines) is 1. The Labute approximate surface area is 113 Å². The summed E-state index contributed by atoms with van der Waals surface area (Å²) in [6, 6.07) is 0.702. The highest BCUT2D eigenvalue weighted by Crippen LogP contribution is 2.35. The topological polar surface area (TPSA) is 23.5 Å². The number of unbranched alkanes of at least 4 members (excludes halogenated alkanes) is 4. The minimum absolute atomic E-state index is 0.00399. The normalized spacial score (nSPS) is 33.3. The van der Waals surface area contributed by atoms with Crippen LogP contribution in [0, 0.1) is 5.92 Å². The lowest BCUT2D eigenvalue weighted by Crippen LogP contribution is -2.39. The van der Waals surface area contributed by atoms with Crippen molar-refractivity contribution in [2.45, 2.75) is 83.3 Å². The first-order valence-electron chi connectivity index (χ1n) is 8.25. The summed E-state index contributed by atoms with van der Waals surface area (Å²) in [6.45, 7) is 4.83. The molecule has 0 radical (unpaired) electrons. The van der Waals surface area contributed by atoms with Gasteiger partial charge in [-0.05, 0) is 45.2 Å². The zero-order valence-electron chi connectivity index (χ0n) is 12.1. The molecule has 1 aliphatic carbocycles. The Hall–Kier alpha value is -0.0800. The maximum absolute atomic E-state index is 10.1. The largest absolute Gasteiger partial charge is 0.393 e. The molecule has 2 heteroatoms. The molecular weight excluding hydrogens is 222 g/mol. The summed E-state index contributed by atoms with van der Waals surface area (Å²) in [5, 5.41) is 10.1. The van der Waals surface area contributed by atoms with Gasteiger partial charge in [0.15, 0.2) is 0 Å². The first kappa shape index (κ1) is 14.3. The molecule has 2 aliphatic rings. The lowest BCUT2D eigenvalue weighted by molar-refractivity contribution is 0.0740. The third-order valence-electron chi connectivity index (χ3n) is 4.99. The summed E-state index contributed by atoms with van der Waals surface area (Å²) in [5.41, 5.74) is 0. The molecule has 0 spiro atoms. The second kappa shape index (κ2) is 7.49. The maximum Gasteiger partial charge on any atom is 0.0583 e. The summed E-state index contributed by atoms with van der Waals surface area (Å²) in [5.74, 6) is 0.586. The third-order valence-corrected chi connectivity index (χ3v) is 4.99. The van der Waals surface area contributed by atoms with Crippen LogP contribution in [0.3, 0.4) is 0 Å². The highest BCUT2D eigenvalue weighted by atomic mass is 16.3. The lowest BCUT2D eigenvalue weighted by atomic mass is 9.94. The molecule has 0 aromatic heterocycles. The Bertz CT molecular complexity index is 231. The van der Waals surface area contributed by atoms with Crippen molar-refractivity contribution in [3.8, 4) is 0 Å². The quantitative estimate of drug-likeness (QED) is 0.701. The van der Waals surface area contributed by atoms with Gasteiger partial charge >= 0.3 is 0 Å². The van der Waals surface area contributed by atoms with E-state index in [0.29, 0.717) is 12.0 Å². The van der Waals surface area contributed by atoms with Gasteiger partial charge in [0.25, 0.3) is 0 Å². The molecule has 0 bridgehead atoms. The molecule has 2 nitrogen and oxygen atoms in total. The fourth-order valence-electron chi connectivity index (χ4n) is 3.95. The fourth-order valence-corrected chi connectivity index (χ4v) is 3.95. The molecule has 1 saturated carbocycles. The van der Waals surface area contributed by atoms with Gasteiger partial charge in [-0.1, -0.05) is 39.0 Å². The monoisotopic (exact) mass is 253 g/mol. The zero-order chi connectivity index (χ0) is 12.8. The SMILES string of the molecule is CCCCCCCN1CCCC1C1CCCC1O. The lowest BCUT2D eigenvalue weighted by Gasteiger charge is -2.31. The summed E-state index contributed by atoms with van der Waals surface area (Å²) in [7, 11) is 0. The second-order valence-electron chi connectivity index (χ2n) is 6.32. The molecule has 3 atom stereocenters. The van der Waals surface area contributed by atoms with Crippen LogP contribution in [-0.2, 0) is 0 Å². The van der Waals surface area contributed by atoms with E-state index in [9.17, 15) is 5.11 Å². The Kier molecular flexibility index (Phi) is 5.97. The van der Waals surface area contributed by atoms with Gasteiger partial charge in [0.05, 0.1) is 6.10 Å². The van der Waals surface area contributed by atoms with E-state index in [1.165, 1.54) is 70.9 Å². The average Bonchev–Trinajstić information content (AvgIpc) is 2.97. The molecule has 18 heavy (non-hydrogen) atoms. The fraction of sp³-hybridized carbons (Fsp3) is 1.00. The molecule has 0 amide bonds. The Morgan fingerprint density at radius 2 is 1.83 bits per heavy atom. The van der Waals surface area contributed by atoms with Crippen LogP contribution in [0.15, 0.2) is 0 Å². The van der Waals surface area contributed by atoms with Gasteiger partial charge in [-0.2, -0.15) is 0 Å². The average molecular weight is 253 g/mol. The first-order chi connectivity index (χ1) is 8.83. The maximum atomic E-state index is 10.1. The summed E-state index contributed by atoms with van der Waals surface area (Å²) < 4.78 is 0. The number of hydrogen-bond donors (Lipinski definition) is 1. The molecule has 1 heterocycles. The molecule has 0 aromatic rings. The van der Waals surface area contributed by atoms with E-state index in [1.807, 2.05) is 0 Å². The molecule has 106 valence electrons. The molecule has 3 unspecified atom stereocenters. The van der Waals surface area contributed by atoms with Crippen LogP contribution in [0.1, 0.15) is 71.1 Å². The predicted molar refractivity (Wildman–Crippen MR) is 76.7 cm³/mol. The van der Waals surface area contributed by atoms with Crippen LogP contribution in [0.25, 0.3) is 0 Å². The van der Waals surface area contributed by atoms with E-state index in [0.717, 1.165) is 6.42 Å². The van der Waals surface area contributed by atoms with Crippen molar-refractivity contribution >= 4 is 0 Å².